The summed E-state index contributed by atoms with van der Waals surface area (Å²) in [7, 11) is 0. The van der Waals surface area contributed by atoms with Crippen molar-refractivity contribution in [3.63, 3.8) is 0 Å². The fourth-order valence-electron chi connectivity index (χ4n) is 2.32. The number of halogens is 1. The monoisotopic (exact) mass is 251 g/mol. The Labute approximate surface area is 107 Å². The van der Waals surface area contributed by atoms with Gasteiger partial charge in [-0.2, -0.15) is 0 Å². The number of benzene rings is 1. The summed E-state index contributed by atoms with van der Waals surface area (Å²) in [5, 5.41) is 3.00. The molecule has 1 amide bonds. The molecular formula is C14H18ClNO. The second-order valence-corrected chi connectivity index (χ2v) is 4.94. The second kappa shape index (κ2) is 6.06. The lowest BCUT2D eigenvalue weighted by atomic mass is 10.1. The number of hydrogen-bond donors (Lipinski definition) is 1. The van der Waals surface area contributed by atoms with Crippen LogP contribution in [-0.2, 0) is 17.6 Å². The second-order valence-electron chi connectivity index (χ2n) is 4.56. The van der Waals surface area contributed by atoms with Crippen molar-refractivity contribution in [2.45, 2.75) is 25.7 Å². The molecule has 0 radical (unpaired) electrons. The first-order valence-corrected chi connectivity index (χ1v) is 6.75. The molecule has 0 unspecified atom stereocenters. The molecule has 1 aliphatic carbocycles. The van der Waals surface area contributed by atoms with Gasteiger partial charge in [-0.05, 0) is 36.8 Å². The van der Waals surface area contributed by atoms with Gasteiger partial charge in [-0.25, -0.2) is 0 Å². The van der Waals surface area contributed by atoms with Gasteiger partial charge in [-0.1, -0.05) is 24.3 Å². The third-order valence-corrected chi connectivity index (χ3v) is 3.55. The van der Waals surface area contributed by atoms with Gasteiger partial charge in [-0.15, -0.1) is 11.6 Å². The van der Waals surface area contributed by atoms with Crippen LogP contribution < -0.4 is 5.32 Å². The van der Waals surface area contributed by atoms with E-state index in [0.717, 1.165) is 32.2 Å². The molecule has 0 saturated carbocycles. The van der Waals surface area contributed by atoms with Crippen LogP contribution in [0.5, 0.6) is 0 Å². The van der Waals surface area contributed by atoms with Crippen LogP contribution in [-0.4, -0.2) is 18.3 Å². The zero-order chi connectivity index (χ0) is 12.1. The quantitative estimate of drug-likeness (QED) is 0.632. The lowest BCUT2D eigenvalue weighted by Gasteiger charge is -2.09. The SMILES string of the molecule is O=C(NCCCCCl)C1Cc2ccccc2C1. The van der Waals surface area contributed by atoms with Crippen molar-refractivity contribution >= 4 is 17.5 Å². The summed E-state index contributed by atoms with van der Waals surface area (Å²) in [4.78, 5) is 11.9. The lowest BCUT2D eigenvalue weighted by Crippen LogP contribution is -2.31. The van der Waals surface area contributed by atoms with E-state index in [1.165, 1.54) is 11.1 Å². The van der Waals surface area contributed by atoms with Crippen LogP contribution in [0, 0.1) is 5.92 Å². The fraction of sp³-hybridized carbons (Fsp3) is 0.500. The van der Waals surface area contributed by atoms with E-state index in [0.29, 0.717) is 5.88 Å². The van der Waals surface area contributed by atoms with E-state index in [4.69, 9.17) is 11.6 Å². The molecule has 0 spiro atoms. The highest BCUT2D eigenvalue weighted by Crippen LogP contribution is 2.26. The summed E-state index contributed by atoms with van der Waals surface area (Å²) in [6.07, 6.45) is 3.71. The molecule has 1 aliphatic rings. The van der Waals surface area contributed by atoms with Crippen molar-refractivity contribution in [3.05, 3.63) is 35.4 Å². The molecule has 92 valence electrons. The van der Waals surface area contributed by atoms with Crippen molar-refractivity contribution in [3.8, 4) is 0 Å². The van der Waals surface area contributed by atoms with E-state index in [9.17, 15) is 4.79 Å². The van der Waals surface area contributed by atoms with E-state index >= 15 is 0 Å². The molecule has 0 aromatic heterocycles. The molecule has 1 aromatic rings. The number of unbranched alkanes of at least 4 members (excludes halogenated alkanes) is 1. The Hall–Kier alpha value is -1.02. The molecule has 3 heteroatoms. The van der Waals surface area contributed by atoms with Gasteiger partial charge in [0.2, 0.25) is 5.91 Å². The molecule has 2 nitrogen and oxygen atoms in total. The van der Waals surface area contributed by atoms with Gasteiger partial charge in [0.1, 0.15) is 0 Å². The van der Waals surface area contributed by atoms with Crippen LogP contribution in [0.2, 0.25) is 0 Å². The largest absolute Gasteiger partial charge is 0.356 e. The predicted octanol–water partition coefficient (Wildman–Crippen LogP) is 2.54. The summed E-state index contributed by atoms with van der Waals surface area (Å²) in [6, 6.07) is 8.32. The number of hydrogen-bond acceptors (Lipinski definition) is 1. The highest BCUT2D eigenvalue weighted by Gasteiger charge is 2.26. The average Bonchev–Trinajstić information content (AvgIpc) is 2.78. The molecular weight excluding hydrogens is 234 g/mol. The molecule has 0 heterocycles. The molecule has 0 bridgehead atoms. The van der Waals surface area contributed by atoms with Gasteiger partial charge in [0.15, 0.2) is 0 Å². The Kier molecular flexibility index (Phi) is 4.43. The van der Waals surface area contributed by atoms with Gasteiger partial charge in [0.25, 0.3) is 0 Å². The van der Waals surface area contributed by atoms with Crippen LogP contribution in [0.4, 0.5) is 0 Å². The Morgan fingerprint density at radius 3 is 2.47 bits per heavy atom. The minimum atomic E-state index is 0.128. The Balaban J connectivity index is 1.80. The number of carbonyl (C=O) groups excluding carboxylic acids is 1. The van der Waals surface area contributed by atoms with Gasteiger partial charge in [-0.3, -0.25) is 4.79 Å². The molecule has 17 heavy (non-hydrogen) atoms. The van der Waals surface area contributed by atoms with E-state index in [-0.39, 0.29) is 11.8 Å². The van der Waals surface area contributed by atoms with Crippen molar-refractivity contribution in [2.24, 2.45) is 5.92 Å². The molecule has 0 saturated heterocycles. The average molecular weight is 252 g/mol. The lowest BCUT2D eigenvalue weighted by molar-refractivity contribution is -0.124. The molecule has 2 rings (SSSR count). The van der Waals surface area contributed by atoms with Crippen molar-refractivity contribution in [2.75, 3.05) is 12.4 Å². The first-order chi connectivity index (χ1) is 8.31. The van der Waals surface area contributed by atoms with Crippen molar-refractivity contribution in [1.82, 2.24) is 5.32 Å². The van der Waals surface area contributed by atoms with Crippen LogP contribution in [0.1, 0.15) is 24.0 Å². The fourth-order valence-corrected chi connectivity index (χ4v) is 2.51. The van der Waals surface area contributed by atoms with E-state index < -0.39 is 0 Å². The summed E-state index contributed by atoms with van der Waals surface area (Å²) in [6.45, 7) is 0.748. The van der Waals surface area contributed by atoms with Gasteiger partial charge >= 0.3 is 0 Å². The maximum Gasteiger partial charge on any atom is 0.223 e. The number of fused-ring (bicyclic) bond motifs is 1. The highest BCUT2D eigenvalue weighted by atomic mass is 35.5. The number of rotatable bonds is 5. The number of nitrogens with one attached hydrogen (secondary N) is 1. The third kappa shape index (κ3) is 3.22. The van der Waals surface area contributed by atoms with Crippen LogP contribution in [0.25, 0.3) is 0 Å². The molecule has 0 atom stereocenters. The summed E-state index contributed by atoms with van der Waals surface area (Å²) in [5.41, 5.74) is 2.65. The smallest absolute Gasteiger partial charge is 0.223 e. The van der Waals surface area contributed by atoms with Gasteiger partial charge in [0.05, 0.1) is 0 Å². The molecule has 1 N–H and O–H groups in total. The summed E-state index contributed by atoms with van der Waals surface area (Å²) >= 11 is 5.59. The minimum Gasteiger partial charge on any atom is -0.356 e. The molecule has 1 aromatic carbocycles. The molecule has 0 fully saturated rings. The molecule has 0 aliphatic heterocycles. The maximum absolute atomic E-state index is 11.9. The van der Waals surface area contributed by atoms with Crippen LogP contribution in [0.3, 0.4) is 0 Å². The summed E-state index contributed by atoms with van der Waals surface area (Å²) < 4.78 is 0. The predicted molar refractivity (Wildman–Crippen MR) is 70.3 cm³/mol. The standard InChI is InChI=1S/C14H18ClNO/c15-7-3-4-8-16-14(17)13-9-11-5-1-2-6-12(11)10-13/h1-2,5-6,13H,3-4,7-10H2,(H,16,17). The third-order valence-electron chi connectivity index (χ3n) is 3.28. The first kappa shape index (κ1) is 12.4. The van der Waals surface area contributed by atoms with Crippen molar-refractivity contribution in [1.29, 1.82) is 0 Å². The Bertz CT molecular complexity index is 367. The van der Waals surface area contributed by atoms with Crippen LogP contribution in [0.15, 0.2) is 24.3 Å². The Morgan fingerprint density at radius 2 is 1.88 bits per heavy atom. The number of carbonyl (C=O) groups is 1. The zero-order valence-corrected chi connectivity index (χ0v) is 10.7. The van der Waals surface area contributed by atoms with E-state index in [1.54, 1.807) is 0 Å². The topological polar surface area (TPSA) is 29.1 Å². The maximum atomic E-state index is 11.9. The van der Waals surface area contributed by atoms with Crippen molar-refractivity contribution < 1.29 is 4.79 Å². The normalized spacial score (nSPS) is 14.6. The van der Waals surface area contributed by atoms with Gasteiger partial charge < -0.3 is 5.32 Å². The zero-order valence-electron chi connectivity index (χ0n) is 9.92. The summed E-state index contributed by atoms with van der Waals surface area (Å²) in [5.74, 6) is 0.990. The van der Waals surface area contributed by atoms with Crippen LogP contribution >= 0.6 is 11.6 Å². The minimum absolute atomic E-state index is 0.128. The Morgan fingerprint density at radius 1 is 1.24 bits per heavy atom. The van der Waals surface area contributed by atoms with Gasteiger partial charge in [0, 0.05) is 18.3 Å². The highest BCUT2D eigenvalue weighted by molar-refractivity contribution is 6.17. The number of alkyl halides is 1. The van der Waals surface area contributed by atoms with E-state index in [1.807, 2.05) is 12.1 Å². The first-order valence-electron chi connectivity index (χ1n) is 6.21. The van der Waals surface area contributed by atoms with E-state index in [2.05, 4.69) is 17.4 Å². The number of amides is 1.